The number of hydrogen-bond donors (Lipinski definition) is 0. The standard InChI is InChI=1S/C21H32N2O4/c24-19(16-2-1-3-16)22-10-6-17(7-11-22)23-20(25)18(27-14-15-4-5-15)21(23)8-12-26-13-9-21/h15-18H,1-14H2. The maximum Gasteiger partial charge on any atom is 0.254 e. The summed E-state index contributed by atoms with van der Waals surface area (Å²) in [6.07, 6.45) is 9.12. The van der Waals surface area contributed by atoms with E-state index in [2.05, 4.69) is 4.90 Å². The number of ether oxygens (including phenoxy) is 2. The molecule has 0 radical (unpaired) electrons. The zero-order chi connectivity index (χ0) is 18.4. The molecule has 3 saturated heterocycles. The molecule has 3 heterocycles. The molecule has 150 valence electrons. The van der Waals surface area contributed by atoms with Gasteiger partial charge in [-0.05, 0) is 57.3 Å². The number of carbonyl (C=O) groups excluding carboxylic acids is 2. The van der Waals surface area contributed by atoms with Crippen molar-refractivity contribution < 1.29 is 19.1 Å². The van der Waals surface area contributed by atoms with Gasteiger partial charge in [0.2, 0.25) is 5.91 Å². The molecular formula is C21H32N2O4. The molecule has 6 nitrogen and oxygen atoms in total. The number of hydrogen-bond acceptors (Lipinski definition) is 4. The van der Waals surface area contributed by atoms with Gasteiger partial charge in [0.05, 0.1) is 12.1 Å². The van der Waals surface area contributed by atoms with Gasteiger partial charge in [0.25, 0.3) is 5.91 Å². The topological polar surface area (TPSA) is 59.1 Å². The number of β-lactam (4-membered cyclic amide) rings is 1. The highest BCUT2D eigenvalue weighted by atomic mass is 16.5. The molecule has 0 N–H and O–H groups in total. The Bertz CT molecular complexity index is 587. The summed E-state index contributed by atoms with van der Waals surface area (Å²) in [5.74, 6) is 1.47. The van der Waals surface area contributed by atoms with Crippen molar-refractivity contribution in [2.45, 2.75) is 75.5 Å². The fourth-order valence-corrected chi connectivity index (χ4v) is 5.41. The number of rotatable bonds is 5. The number of carbonyl (C=O) groups is 2. The molecule has 2 amide bonds. The predicted molar refractivity (Wildman–Crippen MR) is 99.0 cm³/mol. The van der Waals surface area contributed by atoms with E-state index in [0.29, 0.717) is 25.0 Å². The molecule has 0 aromatic carbocycles. The first kappa shape index (κ1) is 17.9. The first-order valence-electron chi connectivity index (χ1n) is 11.0. The summed E-state index contributed by atoms with van der Waals surface area (Å²) in [6, 6.07) is 0.252. The van der Waals surface area contributed by atoms with Crippen LogP contribution in [0.5, 0.6) is 0 Å². The largest absolute Gasteiger partial charge is 0.381 e. The zero-order valence-corrected chi connectivity index (χ0v) is 16.2. The van der Waals surface area contributed by atoms with Crippen LogP contribution >= 0.6 is 0 Å². The van der Waals surface area contributed by atoms with Crippen LogP contribution in [-0.4, -0.2) is 72.2 Å². The third-order valence-corrected chi connectivity index (χ3v) is 7.58. The third-order valence-electron chi connectivity index (χ3n) is 7.58. The van der Waals surface area contributed by atoms with Crippen LogP contribution < -0.4 is 0 Å². The number of likely N-dealkylation sites (tertiary alicyclic amines) is 2. The summed E-state index contributed by atoms with van der Waals surface area (Å²) in [7, 11) is 0. The molecule has 27 heavy (non-hydrogen) atoms. The van der Waals surface area contributed by atoms with E-state index in [1.165, 1.54) is 19.3 Å². The summed E-state index contributed by atoms with van der Waals surface area (Å²) in [5, 5.41) is 0. The van der Waals surface area contributed by atoms with Gasteiger partial charge in [-0.15, -0.1) is 0 Å². The minimum atomic E-state index is -0.267. The van der Waals surface area contributed by atoms with Crippen molar-refractivity contribution in [1.82, 2.24) is 9.80 Å². The second-order valence-corrected chi connectivity index (χ2v) is 9.27. The predicted octanol–water partition coefficient (Wildman–Crippen LogP) is 1.96. The van der Waals surface area contributed by atoms with E-state index in [-0.39, 0.29) is 29.5 Å². The molecule has 3 aliphatic heterocycles. The minimum absolute atomic E-state index is 0.158. The van der Waals surface area contributed by atoms with E-state index in [0.717, 1.165) is 58.2 Å². The lowest BCUT2D eigenvalue weighted by Crippen LogP contribution is -2.79. The van der Waals surface area contributed by atoms with Crippen molar-refractivity contribution in [3.63, 3.8) is 0 Å². The van der Waals surface area contributed by atoms with Gasteiger partial charge in [-0.25, -0.2) is 0 Å². The van der Waals surface area contributed by atoms with Crippen LogP contribution in [0, 0.1) is 11.8 Å². The molecule has 1 atom stereocenters. The van der Waals surface area contributed by atoms with E-state index >= 15 is 0 Å². The molecule has 5 aliphatic rings. The van der Waals surface area contributed by atoms with Crippen LogP contribution in [0.2, 0.25) is 0 Å². The fraction of sp³-hybridized carbons (Fsp3) is 0.905. The summed E-state index contributed by atoms with van der Waals surface area (Å²) in [4.78, 5) is 29.7. The van der Waals surface area contributed by atoms with Gasteiger partial charge in [0, 0.05) is 38.3 Å². The Morgan fingerprint density at radius 3 is 2.37 bits per heavy atom. The zero-order valence-electron chi connectivity index (χ0n) is 16.2. The van der Waals surface area contributed by atoms with Crippen LogP contribution in [0.3, 0.4) is 0 Å². The second-order valence-electron chi connectivity index (χ2n) is 9.27. The van der Waals surface area contributed by atoms with Crippen molar-refractivity contribution >= 4 is 11.8 Å². The molecule has 2 saturated carbocycles. The van der Waals surface area contributed by atoms with E-state index in [1.807, 2.05) is 4.90 Å². The molecule has 5 fully saturated rings. The molecular weight excluding hydrogens is 344 g/mol. The summed E-state index contributed by atoms with van der Waals surface area (Å²) in [5.41, 5.74) is -0.158. The molecule has 1 spiro atoms. The maximum atomic E-state index is 13.0. The van der Waals surface area contributed by atoms with Crippen molar-refractivity contribution in [2.24, 2.45) is 11.8 Å². The molecule has 5 rings (SSSR count). The average molecular weight is 376 g/mol. The van der Waals surface area contributed by atoms with Crippen LogP contribution in [0.25, 0.3) is 0 Å². The van der Waals surface area contributed by atoms with Gasteiger partial charge in [-0.3, -0.25) is 9.59 Å². The van der Waals surface area contributed by atoms with Crippen LogP contribution in [-0.2, 0) is 19.1 Å². The lowest BCUT2D eigenvalue weighted by Gasteiger charge is -2.62. The number of piperidine rings is 1. The lowest BCUT2D eigenvalue weighted by molar-refractivity contribution is -0.219. The summed E-state index contributed by atoms with van der Waals surface area (Å²) in [6.45, 7) is 3.76. The smallest absolute Gasteiger partial charge is 0.254 e. The Morgan fingerprint density at radius 2 is 1.78 bits per heavy atom. The molecule has 6 heteroatoms. The van der Waals surface area contributed by atoms with Crippen molar-refractivity contribution in [1.29, 1.82) is 0 Å². The Kier molecular flexibility index (Phi) is 4.67. The highest BCUT2D eigenvalue weighted by Crippen LogP contribution is 2.46. The Balaban J connectivity index is 1.23. The van der Waals surface area contributed by atoms with Crippen molar-refractivity contribution in [2.75, 3.05) is 32.9 Å². The van der Waals surface area contributed by atoms with Crippen LogP contribution in [0.1, 0.15) is 57.8 Å². The van der Waals surface area contributed by atoms with Gasteiger partial charge in [-0.2, -0.15) is 0 Å². The number of nitrogens with zero attached hydrogens (tertiary/aromatic N) is 2. The molecule has 2 aliphatic carbocycles. The second kappa shape index (κ2) is 7.03. The molecule has 1 unspecified atom stereocenters. The SMILES string of the molecule is O=C(C1CCC1)N1CCC(N2C(=O)C(OCC3CC3)C23CCOCC3)CC1. The monoisotopic (exact) mass is 376 g/mol. The van der Waals surface area contributed by atoms with E-state index in [1.54, 1.807) is 0 Å². The average Bonchev–Trinajstić information content (AvgIpc) is 3.46. The van der Waals surface area contributed by atoms with Crippen molar-refractivity contribution in [3.05, 3.63) is 0 Å². The van der Waals surface area contributed by atoms with Crippen LogP contribution in [0.4, 0.5) is 0 Å². The molecule has 0 aromatic heterocycles. The normalized spacial score (nSPS) is 31.7. The Morgan fingerprint density at radius 1 is 1.07 bits per heavy atom. The Hall–Kier alpha value is -1.14. The van der Waals surface area contributed by atoms with Gasteiger partial charge in [0.15, 0.2) is 6.10 Å². The summed E-state index contributed by atoms with van der Waals surface area (Å²) >= 11 is 0. The fourth-order valence-electron chi connectivity index (χ4n) is 5.41. The van der Waals surface area contributed by atoms with E-state index in [4.69, 9.17) is 9.47 Å². The van der Waals surface area contributed by atoms with Gasteiger partial charge >= 0.3 is 0 Å². The summed E-state index contributed by atoms with van der Waals surface area (Å²) < 4.78 is 11.7. The molecule has 0 aromatic rings. The third kappa shape index (κ3) is 3.09. The van der Waals surface area contributed by atoms with Gasteiger partial charge in [0.1, 0.15) is 0 Å². The van der Waals surface area contributed by atoms with E-state index in [9.17, 15) is 9.59 Å². The lowest BCUT2D eigenvalue weighted by atomic mass is 9.72. The molecule has 0 bridgehead atoms. The first-order valence-corrected chi connectivity index (χ1v) is 11.0. The highest BCUT2D eigenvalue weighted by Gasteiger charge is 2.63. The highest BCUT2D eigenvalue weighted by molar-refractivity contribution is 5.91. The van der Waals surface area contributed by atoms with Gasteiger partial charge < -0.3 is 19.3 Å². The Labute approximate surface area is 161 Å². The minimum Gasteiger partial charge on any atom is -0.381 e. The number of amides is 2. The van der Waals surface area contributed by atoms with E-state index < -0.39 is 0 Å². The van der Waals surface area contributed by atoms with Crippen molar-refractivity contribution in [3.8, 4) is 0 Å². The quantitative estimate of drug-likeness (QED) is 0.689. The maximum absolute atomic E-state index is 13.0. The van der Waals surface area contributed by atoms with Gasteiger partial charge in [-0.1, -0.05) is 6.42 Å². The van der Waals surface area contributed by atoms with Crippen LogP contribution in [0.15, 0.2) is 0 Å². The first-order chi connectivity index (χ1) is 13.2.